The largest absolute Gasteiger partial charge is 0.462 e. The number of unbranched alkanes of at least 4 members (excludes halogenated alkanes) is 24. The van der Waals surface area contributed by atoms with Crippen LogP contribution in [0.1, 0.15) is 226 Å². The molecule has 15 heteroatoms. The van der Waals surface area contributed by atoms with E-state index in [9.17, 15) is 45.3 Å². The lowest BCUT2D eigenvalue weighted by molar-refractivity contribution is -0.332. The Balaban J connectivity index is 1.73. The highest BCUT2D eigenvalue weighted by Crippen LogP contribution is 2.27. The predicted molar refractivity (Wildman–Crippen MR) is 303 cm³/mol. The minimum Gasteiger partial charge on any atom is -0.462 e. The molecule has 77 heavy (non-hydrogen) atoms. The second-order valence-corrected chi connectivity index (χ2v) is 21.1. The zero-order valence-electron chi connectivity index (χ0n) is 47.7. The maximum atomic E-state index is 13.1. The van der Waals surface area contributed by atoms with Crippen LogP contribution in [0.3, 0.4) is 0 Å². The Hall–Kier alpha value is -2.80. The van der Waals surface area contributed by atoms with E-state index in [2.05, 4.69) is 74.6 Å². The highest BCUT2D eigenvalue weighted by atomic mass is 16.7. The van der Waals surface area contributed by atoms with Gasteiger partial charge in [-0.2, -0.15) is 0 Å². The first-order chi connectivity index (χ1) is 37.5. The summed E-state index contributed by atoms with van der Waals surface area (Å²) in [6, 6.07) is 0. The molecule has 0 radical (unpaired) electrons. The lowest BCUT2D eigenvalue weighted by Crippen LogP contribution is -2.61. The van der Waals surface area contributed by atoms with Gasteiger partial charge in [-0.15, -0.1) is 0 Å². The average molecular weight is 1090 g/mol. The minimum absolute atomic E-state index is 0.157. The second kappa shape index (κ2) is 48.0. The Labute approximate surface area is 464 Å². The van der Waals surface area contributed by atoms with Gasteiger partial charge in [0.25, 0.3) is 0 Å². The molecule has 0 spiro atoms. The van der Waals surface area contributed by atoms with E-state index in [4.69, 9.17) is 28.4 Å². The van der Waals surface area contributed by atoms with Crippen LogP contribution in [-0.4, -0.2) is 142 Å². The van der Waals surface area contributed by atoms with Crippen LogP contribution in [0.15, 0.2) is 60.8 Å². The molecule has 2 saturated heterocycles. The summed E-state index contributed by atoms with van der Waals surface area (Å²) in [5, 5.41) is 72.4. The summed E-state index contributed by atoms with van der Waals surface area (Å²) < 4.78 is 33.7. The van der Waals surface area contributed by atoms with Crippen molar-refractivity contribution in [3.8, 4) is 0 Å². The second-order valence-electron chi connectivity index (χ2n) is 21.1. The zero-order chi connectivity index (χ0) is 56.0. The van der Waals surface area contributed by atoms with Crippen LogP contribution in [0.4, 0.5) is 0 Å². The number of aliphatic hydroxyl groups is 7. The van der Waals surface area contributed by atoms with E-state index in [-0.39, 0.29) is 26.1 Å². The molecular weight excluding hydrogens is 985 g/mol. The molecule has 2 heterocycles. The first kappa shape index (κ1) is 70.3. The van der Waals surface area contributed by atoms with E-state index in [1.54, 1.807) is 0 Å². The van der Waals surface area contributed by atoms with Crippen LogP contribution in [-0.2, 0) is 38.0 Å². The third-order valence-electron chi connectivity index (χ3n) is 14.2. The summed E-state index contributed by atoms with van der Waals surface area (Å²) in [4.78, 5) is 25.9. The van der Waals surface area contributed by atoms with Crippen molar-refractivity contribution in [2.75, 3.05) is 26.4 Å². The molecule has 11 unspecified atom stereocenters. The summed E-state index contributed by atoms with van der Waals surface area (Å²) in [6.07, 6.45) is 40.9. The third-order valence-corrected chi connectivity index (χ3v) is 14.2. The number of allylic oxidation sites excluding steroid dienone is 10. The normalized spacial score (nSPS) is 24.6. The van der Waals surface area contributed by atoms with Crippen molar-refractivity contribution in [1.29, 1.82) is 0 Å². The Bertz CT molecular complexity index is 1570. The van der Waals surface area contributed by atoms with Crippen LogP contribution in [0.5, 0.6) is 0 Å². The van der Waals surface area contributed by atoms with Crippen molar-refractivity contribution in [1.82, 2.24) is 0 Å². The van der Waals surface area contributed by atoms with Crippen molar-refractivity contribution >= 4 is 11.9 Å². The Kier molecular flexibility index (Phi) is 43.8. The lowest BCUT2D eigenvalue weighted by atomic mass is 9.98. The average Bonchev–Trinajstić information content (AvgIpc) is 3.43. The van der Waals surface area contributed by atoms with Crippen molar-refractivity contribution in [3.05, 3.63) is 60.8 Å². The number of esters is 2. The SMILES string of the molecule is CC/C=C\C/C=C\C/C=C\C/C=C\CCCCCCCCCCCCC(=O)OC(COC(=O)CCCCCCCCC/C=C\CCCCCCCCC)COC1OC(COC2OC(CO)C(O)C(O)C2O)C(O)C(O)C1O. The molecule has 0 aromatic heterocycles. The summed E-state index contributed by atoms with van der Waals surface area (Å²) >= 11 is 0. The standard InChI is InChI=1S/C62H108O15/c1-3-5-7-9-11-13-15-17-19-21-23-24-25-26-27-29-31-33-35-37-39-41-43-45-54(65)75-50(47-72-53(64)44-42-40-38-36-34-32-30-28-22-20-18-16-14-12-10-8-6-4-2)48-73-61-60(71)58(69)56(67)52(77-61)49-74-62-59(70)57(68)55(66)51(46-63)76-62/h5,7,11,13,17,19-20,22-24,50-52,55-63,66-71H,3-4,6,8-10,12,14-16,18,21,25-49H2,1-2H3/b7-5-,13-11-,19-17-,22-20-,24-23-. The summed E-state index contributed by atoms with van der Waals surface area (Å²) in [7, 11) is 0. The van der Waals surface area contributed by atoms with E-state index >= 15 is 0 Å². The minimum atomic E-state index is -1.77. The van der Waals surface area contributed by atoms with Crippen LogP contribution >= 0.6 is 0 Å². The highest BCUT2D eigenvalue weighted by Gasteiger charge is 2.47. The van der Waals surface area contributed by atoms with Gasteiger partial charge in [-0.25, -0.2) is 0 Å². The van der Waals surface area contributed by atoms with Crippen LogP contribution in [0.25, 0.3) is 0 Å². The topological polar surface area (TPSA) is 231 Å². The highest BCUT2D eigenvalue weighted by molar-refractivity contribution is 5.70. The van der Waals surface area contributed by atoms with Crippen molar-refractivity contribution in [2.45, 2.75) is 293 Å². The van der Waals surface area contributed by atoms with E-state index in [1.165, 1.54) is 103 Å². The van der Waals surface area contributed by atoms with Crippen LogP contribution in [0, 0.1) is 0 Å². The molecule has 0 amide bonds. The number of aliphatic hydroxyl groups excluding tert-OH is 7. The third kappa shape index (κ3) is 34.8. The molecule has 2 fully saturated rings. The fourth-order valence-electron chi connectivity index (χ4n) is 9.32. The molecule has 7 N–H and O–H groups in total. The maximum Gasteiger partial charge on any atom is 0.306 e. The van der Waals surface area contributed by atoms with Gasteiger partial charge in [0.1, 0.15) is 55.4 Å². The molecule has 0 aliphatic carbocycles. The molecule has 2 aliphatic heterocycles. The van der Waals surface area contributed by atoms with Gasteiger partial charge >= 0.3 is 11.9 Å². The molecule has 2 rings (SSSR count). The Morgan fingerprint density at radius 3 is 1.30 bits per heavy atom. The van der Waals surface area contributed by atoms with Gasteiger partial charge in [-0.1, -0.05) is 197 Å². The first-order valence-electron chi connectivity index (χ1n) is 30.4. The molecule has 0 aromatic rings. The van der Waals surface area contributed by atoms with Gasteiger partial charge in [0, 0.05) is 12.8 Å². The van der Waals surface area contributed by atoms with E-state index in [0.29, 0.717) is 12.8 Å². The van der Waals surface area contributed by atoms with E-state index in [0.717, 1.165) is 83.5 Å². The summed E-state index contributed by atoms with van der Waals surface area (Å²) in [5.41, 5.74) is 0. The number of hydrogen-bond acceptors (Lipinski definition) is 15. The van der Waals surface area contributed by atoms with Crippen molar-refractivity contribution < 1.29 is 73.8 Å². The van der Waals surface area contributed by atoms with Gasteiger partial charge in [0.15, 0.2) is 18.7 Å². The fraction of sp³-hybridized carbons (Fsp3) is 0.806. The Morgan fingerprint density at radius 2 is 0.818 bits per heavy atom. The quantitative estimate of drug-likeness (QED) is 0.0171. The molecule has 15 nitrogen and oxygen atoms in total. The molecule has 2 aliphatic rings. The molecule has 0 saturated carbocycles. The van der Waals surface area contributed by atoms with Crippen LogP contribution in [0.2, 0.25) is 0 Å². The monoisotopic (exact) mass is 1090 g/mol. The predicted octanol–water partition coefficient (Wildman–Crippen LogP) is 10.8. The summed E-state index contributed by atoms with van der Waals surface area (Å²) in [6.45, 7) is 2.50. The molecule has 11 atom stereocenters. The number of carbonyl (C=O) groups excluding carboxylic acids is 2. The van der Waals surface area contributed by atoms with Crippen molar-refractivity contribution in [3.63, 3.8) is 0 Å². The number of rotatable bonds is 48. The van der Waals surface area contributed by atoms with Gasteiger partial charge in [0.2, 0.25) is 0 Å². The van der Waals surface area contributed by atoms with Gasteiger partial charge in [0.05, 0.1) is 19.8 Å². The maximum absolute atomic E-state index is 13.1. The summed E-state index contributed by atoms with van der Waals surface area (Å²) in [5.74, 6) is -0.931. The smallest absolute Gasteiger partial charge is 0.306 e. The van der Waals surface area contributed by atoms with Crippen LogP contribution < -0.4 is 0 Å². The molecule has 446 valence electrons. The van der Waals surface area contributed by atoms with Gasteiger partial charge < -0.3 is 64.2 Å². The van der Waals surface area contributed by atoms with Crippen molar-refractivity contribution in [2.24, 2.45) is 0 Å². The van der Waals surface area contributed by atoms with E-state index < -0.39 is 92.7 Å². The number of carbonyl (C=O) groups is 2. The Morgan fingerprint density at radius 1 is 0.429 bits per heavy atom. The zero-order valence-corrected chi connectivity index (χ0v) is 47.7. The molecule has 0 aromatic carbocycles. The lowest BCUT2D eigenvalue weighted by Gasteiger charge is -2.42. The van der Waals surface area contributed by atoms with E-state index in [1.807, 2.05) is 0 Å². The first-order valence-corrected chi connectivity index (χ1v) is 30.4. The molecule has 0 bridgehead atoms. The molecular formula is C62H108O15. The fourth-order valence-corrected chi connectivity index (χ4v) is 9.32. The number of hydrogen-bond donors (Lipinski definition) is 7. The number of ether oxygens (including phenoxy) is 6. The van der Waals surface area contributed by atoms with Gasteiger partial charge in [-0.05, 0) is 77.0 Å². The van der Waals surface area contributed by atoms with Gasteiger partial charge in [-0.3, -0.25) is 9.59 Å².